The standard InChI is InChI=1S/C19H25N3O3.2ClH/c1-14(15-4-3-5-17(10-15)24-2)21-6-8-22(9-7-21)19(23)16-11-18(12-20)25-13-16;;/h3-5,10-11,13-14H,6-9,12,20H2,1-2H3;2*1H. The molecule has 2 heterocycles. The molecule has 1 aromatic carbocycles. The van der Waals surface area contributed by atoms with Crippen molar-refractivity contribution in [3.05, 3.63) is 53.5 Å². The second kappa shape index (κ2) is 10.6. The molecule has 1 aliphatic heterocycles. The Morgan fingerprint density at radius 3 is 2.52 bits per heavy atom. The Hall–Kier alpha value is -1.73. The van der Waals surface area contributed by atoms with Crippen LogP contribution in [0.1, 0.15) is 34.6 Å². The van der Waals surface area contributed by atoms with Crippen molar-refractivity contribution in [3.8, 4) is 5.75 Å². The van der Waals surface area contributed by atoms with Gasteiger partial charge in [0.25, 0.3) is 5.91 Å². The van der Waals surface area contributed by atoms with Crippen LogP contribution < -0.4 is 10.5 Å². The van der Waals surface area contributed by atoms with Crippen LogP contribution in [0, 0.1) is 0 Å². The SMILES string of the molecule is COc1cccc(C(C)N2CCN(C(=O)c3coc(CN)c3)CC2)c1.Cl.Cl. The fourth-order valence-corrected chi connectivity index (χ4v) is 3.21. The van der Waals surface area contributed by atoms with Gasteiger partial charge in [-0.05, 0) is 30.7 Å². The number of hydrogen-bond acceptors (Lipinski definition) is 5. The van der Waals surface area contributed by atoms with Gasteiger partial charge in [0, 0.05) is 32.2 Å². The zero-order chi connectivity index (χ0) is 17.8. The minimum Gasteiger partial charge on any atom is -0.497 e. The van der Waals surface area contributed by atoms with E-state index in [0.717, 1.165) is 18.8 Å². The highest BCUT2D eigenvalue weighted by atomic mass is 35.5. The Balaban J connectivity index is 0.00000182. The Morgan fingerprint density at radius 1 is 1.22 bits per heavy atom. The van der Waals surface area contributed by atoms with Crippen molar-refractivity contribution in [2.24, 2.45) is 5.73 Å². The first kappa shape index (κ1) is 23.3. The highest BCUT2D eigenvalue weighted by molar-refractivity contribution is 5.94. The number of hydrogen-bond donors (Lipinski definition) is 1. The van der Waals surface area contributed by atoms with E-state index in [1.54, 1.807) is 13.2 Å². The lowest BCUT2D eigenvalue weighted by atomic mass is 10.1. The van der Waals surface area contributed by atoms with Gasteiger partial charge in [-0.2, -0.15) is 0 Å². The lowest BCUT2D eigenvalue weighted by Gasteiger charge is -2.38. The van der Waals surface area contributed by atoms with Gasteiger partial charge < -0.3 is 19.8 Å². The van der Waals surface area contributed by atoms with E-state index in [9.17, 15) is 4.79 Å². The Labute approximate surface area is 172 Å². The van der Waals surface area contributed by atoms with Gasteiger partial charge in [0.15, 0.2) is 0 Å². The number of piperazine rings is 1. The number of furan rings is 1. The lowest BCUT2D eigenvalue weighted by Crippen LogP contribution is -2.49. The van der Waals surface area contributed by atoms with Crippen molar-refractivity contribution in [2.45, 2.75) is 19.5 Å². The number of rotatable bonds is 5. The summed E-state index contributed by atoms with van der Waals surface area (Å²) in [5.74, 6) is 1.51. The second-order valence-corrected chi connectivity index (χ2v) is 6.29. The maximum atomic E-state index is 12.5. The normalized spacial score (nSPS) is 15.4. The monoisotopic (exact) mass is 415 g/mol. The molecule has 2 N–H and O–H groups in total. The van der Waals surface area contributed by atoms with Crippen LogP contribution in [0.2, 0.25) is 0 Å². The molecule has 0 aliphatic carbocycles. The number of benzene rings is 1. The van der Waals surface area contributed by atoms with Gasteiger partial charge in [-0.3, -0.25) is 9.69 Å². The van der Waals surface area contributed by atoms with Crippen LogP contribution in [0.5, 0.6) is 5.75 Å². The highest BCUT2D eigenvalue weighted by Crippen LogP contribution is 2.25. The summed E-state index contributed by atoms with van der Waals surface area (Å²) >= 11 is 0. The molecule has 0 bridgehead atoms. The molecular weight excluding hydrogens is 389 g/mol. The average molecular weight is 416 g/mol. The number of methoxy groups -OCH3 is 1. The summed E-state index contributed by atoms with van der Waals surface area (Å²) in [6.07, 6.45) is 1.50. The van der Waals surface area contributed by atoms with E-state index in [4.69, 9.17) is 14.9 Å². The van der Waals surface area contributed by atoms with Gasteiger partial charge in [0.1, 0.15) is 17.8 Å². The van der Waals surface area contributed by atoms with Crippen LogP contribution >= 0.6 is 24.8 Å². The third kappa shape index (κ3) is 5.39. The predicted octanol–water partition coefficient (Wildman–Crippen LogP) is 3.11. The van der Waals surface area contributed by atoms with Crippen molar-refractivity contribution in [1.82, 2.24) is 9.80 Å². The minimum absolute atomic E-state index is 0. The average Bonchev–Trinajstić information content (AvgIpc) is 3.16. The molecule has 1 aromatic heterocycles. The second-order valence-electron chi connectivity index (χ2n) is 6.29. The molecule has 1 amide bonds. The van der Waals surface area contributed by atoms with Crippen LogP contribution in [0.15, 0.2) is 41.0 Å². The van der Waals surface area contributed by atoms with Gasteiger partial charge in [0.2, 0.25) is 0 Å². The molecule has 2 aromatic rings. The molecule has 3 rings (SSSR count). The van der Waals surface area contributed by atoms with E-state index in [0.29, 0.717) is 31.0 Å². The van der Waals surface area contributed by atoms with Crippen LogP contribution in [-0.2, 0) is 6.54 Å². The van der Waals surface area contributed by atoms with Crippen molar-refractivity contribution in [1.29, 1.82) is 0 Å². The van der Waals surface area contributed by atoms with Gasteiger partial charge >= 0.3 is 0 Å². The van der Waals surface area contributed by atoms with E-state index in [-0.39, 0.29) is 36.8 Å². The lowest BCUT2D eigenvalue weighted by molar-refractivity contribution is 0.0581. The van der Waals surface area contributed by atoms with Gasteiger partial charge in [0.05, 0.1) is 19.2 Å². The number of ether oxygens (including phenoxy) is 1. The minimum atomic E-state index is 0. The molecule has 1 fully saturated rings. The van der Waals surface area contributed by atoms with Crippen LogP contribution in [0.4, 0.5) is 0 Å². The van der Waals surface area contributed by atoms with Gasteiger partial charge in [-0.15, -0.1) is 24.8 Å². The molecule has 150 valence electrons. The van der Waals surface area contributed by atoms with Gasteiger partial charge in [-0.25, -0.2) is 0 Å². The third-order valence-electron chi connectivity index (χ3n) is 4.83. The number of nitrogens with two attached hydrogens (primary N) is 1. The molecule has 1 saturated heterocycles. The first-order chi connectivity index (χ1) is 12.1. The van der Waals surface area contributed by atoms with Crippen molar-refractivity contribution in [3.63, 3.8) is 0 Å². The number of carbonyl (C=O) groups is 1. The number of carbonyl (C=O) groups excluding carboxylic acids is 1. The Kier molecular flexibility index (Phi) is 9.12. The maximum Gasteiger partial charge on any atom is 0.257 e. The zero-order valence-corrected chi connectivity index (χ0v) is 17.2. The summed E-state index contributed by atoms with van der Waals surface area (Å²) in [5, 5.41) is 0. The van der Waals surface area contributed by atoms with Crippen molar-refractivity contribution < 1.29 is 13.9 Å². The van der Waals surface area contributed by atoms with E-state index >= 15 is 0 Å². The molecule has 1 unspecified atom stereocenters. The highest BCUT2D eigenvalue weighted by Gasteiger charge is 2.26. The van der Waals surface area contributed by atoms with E-state index < -0.39 is 0 Å². The van der Waals surface area contributed by atoms with Crippen LogP contribution in [0.25, 0.3) is 0 Å². The summed E-state index contributed by atoms with van der Waals surface area (Å²) in [6.45, 7) is 5.58. The predicted molar refractivity (Wildman–Crippen MR) is 110 cm³/mol. The molecule has 6 nitrogen and oxygen atoms in total. The summed E-state index contributed by atoms with van der Waals surface area (Å²) in [6, 6.07) is 10.2. The fraction of sp³-hybridized carbons (Fsp3) is 0.421. The smallest absolute Gasteiger partial charge is 0.257 e. The molecule has 8 heteroatoms. The fourth-order valence-electron chi connectivity index (χ4n) is 3.21. The summed E-state index contributed by atoms with van der Waals surface area (Å²) in [7, 11) is 1.68. The number of nitrogens with zero attached hydrogens (tertiary/aromatic N) is 2. The molecule has 1 atom stereocenters. The van der Waals surface area contributed by atoms with Crippen molar-refractivity contribution in [2.75, 3.05) is 33.3 Å². The third-order valence-corrected chi connectivity index (χ3v) is 4.83. The molecule has 0 spiro atoms. The Bertz CT molecular complexity index is 730. The first-order valence-corrected chi connectivity index (χ1v) is 8.57. The van der Waals surface area contributed by atoms with Crippen molar-refractivity contribution >= 4 is 30.7 Å². The summed E-state index contributed by atoms with van der Waals surface area (Å²) in [5.41, 5.74) is 7.34. The van der Waals surface area contributed by atoms with E-state index in [1.165, 1.54) is 11.8 Å². The largest absolute Gasteiger partial charge is 0.497 e. The summed E-state index contributed by atoms with van der Waals surface area (Å²) < 4.78 is 10.6. The topological polar surface area (TPSA) is 71.9 Å². The summed E-state index contributed by atoms with van der Waals surface area (Å²) in [4.78, 5) is 16.8. The van der Waals surface area contributed by atoms with E-state index in [1.807, 2.05) is 17.0 Å². The number of halogens is 2. The van der Waals surface area contributed by atoms with Crippen LogP contribution in [0.3, 0.4) is 0 Å². The number of amides is 1. The quantitative estimate of drug-likeness (QED) is 0.811. The maximum absolute atomic E-state index is 12.5. The Morgan fingerprint density at radius 2 is 1.93 bits per heavy atom. The van der Waals surface area contributed by atoms with E-state index in [2.05, 4.69) is 24.0 Å². The first-order valence-electron chi connectivity index (χ1n) is 8.57. The molecule has 27 heavy (non-hydrogen) atoms. The molecule has 1 aliphatic rings. The molecule has 0 saturated carbocycles. The molecular formula is C19H27Cl2N3O3. The van der Waals surface area contributed by atoms with Gasteiger partial charge in [-0.1, -0.05) is 12.1 Å². The van der Waals surface area contributed by atoms with Crippen LogP contribution in [-0.4, -0.2) is 49.0 Å². The zero-order valence-electron chi connectivity index (χ0n) is 15.6. The molecule has 0 radical (unpaired) electrons.